The summed E-state index contributed by atoms with van der Waals surface area (Å²) in [7, 11) is 0. The van der Waals surface area contributed by atoms with Gasteiger partial charge in [0.1, 0.15) is 11.6 Å². The fourth-order valence-electron chi connectivity index (χ4n) is 2.59. The summed E-state index contributed by atoms with van der Waals surface area (Å²) < 4.78 is 0. The van der Waals surface area contributed by atoms with Gasteiger partial charge in [0, 0.05) is 18.3 Å². The summed E-state index contributed by atoms with van der Waals surface area (Å²) in [5.41, 5.74) is 0.0179. The van der Waals surface area contributed by atoms with Gasteiger partial charge in [-0.1, -0.05) is 6.42 Å². The number of nitrogens with one attached hydrogen (secondary N) is 1. The summed E-state index contributed by atoms with van der Waals surface area (Å²) in [5.74, 6) is -0.831. The van der Waals surface area contributed by atoms with Crippen LogP contribution >= 0.6 is 0 Å². The van der Waals surface area contributed by atoms with Crippen LogP contribution in [0, 0.1) is 26.9 Å². The molecule has 1 saturated carbocycles. The second kappa shape index (κ2) is 5.79. The van der Waals surface area contributed by atoms with E-state index < -0.39 is 10.9 Å². The Kier molecular flexibility index (Phi) is 4.08. The summed E-state index contributed by atoms with van der Waals surface area (Å²) in [6.07, 6.45) is 2.77. The summed E-state index contributed by atoms with van der Waals surface area (Å²) in [6.45, 7) is 0.461. The quantitative estimate of drug-likeness (QED) is 0.614. The number of rotatable bonds is 6. The zero-order chi connectivity index (χ0) is 15.5. The molecule has 7 heteroatoms. The Morgan fingerprint density at radius 2 is 2.24 bits per heavy atom. The maximum Gasteiger partial charge on any atom is 0.303 e. The number of hydrogen-bond donors (Lipinski definition) is 2. The van der Waals surface area contributed by atoms with E-state index in [9.17, 15) is 14.9 Å². The van der Waals surface area contributed by atoms with E-state index in [1.807, 2.05) is 0 Å². The molecule has 0 heterocycles. The van der Waals surface area contributed by atoms with Gasteiger partial charge in [0.2, 0.25) is 0 Å². The van der Waals surface area contributed by atoms with E-state index in [1.165, 1.54) is 12.1 Å². The number of nitriles is 1. The molecule has 0 aliphatic heterocycles. The highest BCUT2D eigenvalue weighted by Crippen LogP contribution is 2.44. The van der Waals surface area contributed by atoms with Crippen molar-refractivity contribution in [3.05, 3.63) is 33.9 Å². The highest BCUT2D eigenvalue weighted by atomic mass is 16.6. The van der Waals surface area contributed by atoms with Crippen molar-refractivity contribution in [1.82, 2.24) is 0 Å². The van der Waals surface area contributed by atoms with E-state index in [4.69, 9.17) is 10.4 Å². The highest BCUT2D eigenvalue weighted by Gasteiger charge is 2.38. The van der Waals surface area contributed by atoms with Crippen LogP contribution in [0.4, 0.5) is 11.4 Å². The third-order valence-electron chi connectivity index (χ3n) is 3.92. The third kappa shape index (κ3) is 3.28. The molecule has 2 N–H and O–H groups in total. The zero-order valence-electron chi connectivity index (χ0n) is 11.3. The number of nitro benzene ring substituents is 1. The van der Waals surface area contributed by atoms with E-state index in [0.717, 1.165) is 19.3 Å². The zero-order valence-corrected chi connectivity index (χ0v) is 11.3. The van der Waals surface area contributed by atoms with Gasteiger partial charge in [-0.25, -0.2) is 0 Å². The van der Waals surface area contributed by atoms with E-state index in [0.29, 0.717) is 12.2 Å². The highest BCUT2D eigenvalue weighted by molar-refractivity contribution is 5.68. The van der Waals surface area contributed by atoms with Crippen molar-refractivity contribution in [1.29, 1.82) is 5.26 Å². The molecule has 1 aromatic rings. The lowest BCUT2D eigenvalue weighted by molar-refractivity contribution is -0.385. The summed E-state index contributed by atoms with van der Waals surface area (Å²) in [6, 6.07) is 6.08. The minimum atomic E-state index is -0.831. The van der Waals surface area contributed by atoms with Gasteiger partial charge in [0.25, 0.3) is 5.69 Å². The number of anilines is 1. The van der Waals surface area contributed by atoms with Crippen LogP contribution in [0.3, 0.4) is 0 Å². The number of nitro groups is 1. The minimum Gasteiger partial charge on any atom is -0.481 e. The number of carboxylic acids is 1. The van der Waals surface area contributed by atoms with Gasteiger partial charge in [0.15, 0.2) is 0 Å². The monoisotopic (exact) mass is 289 g/mol. The topological polar surface area (TPSA) is 116 Å². The Balaban J connectivity index is 2.10. The Hall–Kier alpha value is -2.62. The Bertz CT molecular complexity index is 617. The van der Waals surface area contributed by atoms with Gasteiger partial charge in [-0.3, -0.25) is 14.9 Å². The standard InChI is InChI=1S/C14H15N3O4/c15-8-10-2-3-11(6-12(10)17(20)21)16-9-14(4-1-5-14)7-13(18)19/h2-3,6,16H,1,4-5,7,9H2,(H,18,19). The molecular weight excluding hydrogens is 274 g/mol. The molecule has 0 bridgehead atoms. The smallest absolute Gasteiger partial charge is 0.303 e. The predicted octanol–water partition coefficient (Wildman–Crippen LogP) is 2.52. The van der Waals surface area contributed by atoms with E-state index in [1.54, 1.807) is 12.1 Å². The van der Waals surface area contributed by atoms with Crippen LogP contribution in [0.5, 0.6) is 0 Å². The molecular formula is C14H15N3O4. The van der Waals surface area contributed by atoms with Crippen molar-refractivity contribution in [3.8, 4) is 6.07 Å². The van der Waals surface area contributed by atoms with Crippen molar-refractivity contribution in [2.45, 2.75) is 25.7 Å². The van der Waals surface area contributed by atoms with Crippen LogP contribution in [-0.4, -0.2) is 22.5 Å². The molecule has 7 nitrogen and oxygen atoms in total. The maximum atomic E-state index is 10.9. The lowest BCUT2D eigenvalue weighted by atomic mass is 9.66. The van der Waals surface area contributed by atoms with Crippen LogP contribution in [0.2, 0.25) is 0 Å². The van der Waals surface area contributed by atoms with Crippen molar-refractivity contribution >= 4 is 17.3 Å². The first kappa shape index (κ1) is 14.8. The first-order chi connectivity index (χ1) is 9.96. The number of carboxylic acid groups (broad SMARTS) is 1. The van der Waals surface area contributed by atoms with Gasteiger partial charge >= 0.3 is 5.97 Å². The van der Waals surface area contributed by atoms with Crippen molar-refractivity contribution in [2.75, 3.05) is 11.9 Å². The van der Waals surface area contributed by atoms with Crippen LogP contribution in [0.25, 0.3) is 0 Å². The number of nitrogens with zero attached hydrogens (tertiary/aromatic N) is 2. The molecule has 0 atom stereocenters. The molecule has 0 unspecified atom stereocenters. The van der Waals surface area contributed by atoms with Crippen molar-refractivity contribution < 1.29 is 14.8 Å². The second-order valence-corrected chi connectivity index (χ2v) is 5.38. The van der Waals surface area contributed by atoms with Gasteiger partial charge in [-0.05, 0) is 30.4 Å². The summed E-state index contributed by atoms with van der Waals surface area (Å²) >= 11 is 0. The minimum absolute atomic E-state index is 0.00874. The Morgan fingerprint density at radius 1 is 1.52 bits per heavy atom. The summed E-state index contributed by atoms with van der Waals surface area (Å²) in [4.78, 5) is 21.2. The van der Waals surface area contributed by atoms with Crippen LogP contribution in [0.1, 0.15) is 31.2 Å². The fourth-order valence-corrected chi connectivity index (χ4v) is 2.59. The summed E-state index contributed by atoms with van der Waals surface area (Å²) in [5, 5.41) is 31.7. The number of aliphatic carboxylic acids is 1. The lowest BCUT2D eigenvalue weighted by Crippen LogP contribution is -2.38. The molecule has 0 aromatic heterocycles. The third-order valence-corrected chi connectivity index (χ3v) is 3.92. The number of carbonyl (C=O) groups is 1. The molecule has 1 aliphatic rings. The number of benzene rings is 1. The Labute approximate surface area is 121 Å². The SMILES string of the molecule is N#Cc1ccc(NCC2(CC(=O)O)CCC2)cc1[N+](=O)[O-]. The van der Waals surface area contributed by atoms with Gasteiger partial charge in [-0.15, -0.1) is 0 Å². The lowest BCUT2D eigenvalue weighted by Gasteiger charge is -2.41. The maximum absolute atomic E-state index is 10.9. The molecule has 2 rings (SSSR count). The second-order valence-electron chi connectivity index (χ2n) is 5.38. The predicted molar refractivity (Wildman–Crippen MR) is 74.8 cm³/mol. The van der Waals surface area contributed by atoms with E-state index >= 15 is 0 Å². The average Bonchev–Trinajstić information content (AvgIpc) is 2.40. The first-order valence-corrected chi connectivity index (χ1v) is 6.60. The van der Waals surface area contributed by atoms with Crippen LogP contribution in [0.15, 0.2) is 18.2 Å². The molecule has 110 valence electrons. The van der Waals surface area contributed by atoms with Crippen molar-refractivity contribution in [2.24, 2.45) is 5.41 Å². The average molecular weight is 289 g/mol. The molecule has 1 aromatic carbocycles. The molecule has 0 spiro atoms. The molecule has 1 fully saturated rings. The normalized spacial score (nSPS) is 15.6. The molecule has 1 aliphatic carbocycles. The van der Waals surface area contributed by atoms with Gasteiger partial charge in [-0.2, -0.15) is 5.26 Å². The fraction of sp³-hybridized carbons (Fsp3) is 0.429. The Morgan fingerprint density at radius 3 is 2.71 bits per heavy atom. The van der Waals surface area contributed by atoms with E-state index in [2.05, 4.69) is 5.32 Å². The molecule has 0 radical (unpaired) electrons. The molecule has 0 saturated heterocycles. The first-order valence-electron chi connectivity index (χ1n) is 6.60. The molecule has 21 heavy (non-hydrogen) atoms. The molecule has 0 amide bonds. The van der Waals surface area contributed by atoms with Gasteiger partial charge < -0.3 is 10.4 Å². The van der Waals surface area contributed by atoms with E-state index in [-0.39, 0.29) is 23.1 Å². The largest absolute Gasteiger partial charge is 0.481 e. The van der Waals surface area contributed by atoms with Gasteiger partial charge in [0.05, 0.1) is 11.3 Å². The van der Waals surface area contributed by atoms with Crippen LogP contribution in [-0.2, 0) is 4.79 Å². The van der Waals surface area contributed by atoms with Crippen molar-refractivity contribution in [3.63, 3.8) is 0 Å². The number of hydrogen-bond acceptors (Lipinski definition) is 5. The van der Waals surface area contributed by atoms with Crippen LogP contribution < -0.4 is 5.32 Å².